The number of hydrogen-bond donors (Lipinski definition) is 1. The summed E-state index contributed by atoms with van der Waals surface area (Å²) in [6.07, 6.45) is 2.05. The third kappa shape index (κ3) is 3.04. The predicted molar refractivity (Wildman–Crippen MR) is 64.6 cm³/mol. The van der Waals surface area contributed by atoms with Gasteiger partial charge in [-0.05, 0) is 25.3 Å². The minimum Gasteiger partial charge on any atom is -0.328 e. The van der Waals surface area contributed by atoms with E-state index in [1.807, 2.05) is 18.2 Å². The van der Waals surface area contributed by atoms with Gasteiger partial charge in [-0.15, -0.1) is 0 Å². The molecule has 0 spiro atoms. The number of rotatable bonds is 3. The van der Waals surface area contributed by atoms with Gasteiger partial charge in [0.25, 0.3) is 0 Å². The van der Waals surface area contributed by atoms with Crippen LogP contribution < -0.4 is 5.73 Å². The molecule has 2 N–H and O–H groups in total. The van der Waals surface area contributed by atoms with E-state index in [1.54, 1.807) is 0 Å². The summed E-state index contributed by atoms with van der Waals surface area (Å²) >= 11 is 0. The Labute approximate surface area is 97.1 Å². The molecule has 0 aliphatic carbocycles. The van der Waals surface area contributed by atoms with E-state index in [-0.39, 0.29) is 0 Å². The van der Waals surface area contributed by atoms with E-state index in [1.165, 1.54) is 5.56 Å². The van der Waals surface area contributed by atoms with Gasteiger partial charge >= 0.3 is 0 Å². The third-order valence-electron chi connectivity index (χ3n) is 3.10. The molecule has 1 fully saturated rings. The summed E-state index contributed by atoms with van der Waals surface area (Å²) in [4.78, 5) is 5.81. The second kappa shape index (κ2) is 5.43. The lowest BCUT2D eigenvalue weighted by Gasteiger charge is -2.35. The Morgan fingerprint density at radius 1 is 1.38 bits per heavy atom. The fraction of sp³-hybridized carbons (Fsp3) is 0.538. The average Bonchev–Trinajstić information content (AvgIpc) is 2.29. The van der Waals surface area contributed by atoms with Gasteiger partial charge in [0.1, 0.15) is 0 Å². The molecule has 0 saturated carbocycles. The smallest absolute Gasteiger partial charge is 0.0936 e. The number of nitrogens with two attached hydrogens (primary N) is 1. The van der Waals surface area contributed by atoms with E-state index in [0.29, 0.717) is 18.7 Å². The first kappa shape index (κ1) is 11.6. The molecular weight excluding hydrogens is 200 g/mol. The lowest BCUT2D eigenvalue weighted by Crippen LogP contribution is -2.45. The van der Waals surface area contributed by atoms with Crippen molar-refractivity contribution >= 4 is 0 Å². The van der Waals surface area contributed by atoms with E-state index in [0.717, 1.165) is 19.4 Å². The van der Waals surface area contributed by atoms with Crippen molar-refractivity contribution in [3.8, 4) is 0 Å². The molecule has 88 valence electrons. The van der Waals surface area contributed by atoms with E-state index < -0.39 is 0 Å². The second-order valence-electron chi connectivity index (χ2n) is 4.53. The van der Waals surface area contributed by atoms with Crippen LogP contribution >= 0.6 is 0 Å². The highest BCUT2D eigenvalue weighted by Gasteiger charge is 2.23. The van der Waals surface area contributed by atoms with E-state index in [4.69, 9.17) is 10.6 Å². The molecule has 1 aliphatic heterocycles. The maximum atomic E-state index is 5.91. The van der Waals surface area contributed by atoms with Crippen molar-refractivity contribution in [3.05, 3.63) is 35.9 Å². The molecule has 3 nitrogen and oxygen atoms in total. The molecule has 1 heterocycles. The molecular formula is C13H20N2O. The number of benzene rings is 1. The second-order valence-corrected chi connectivity index (χ2v) is 4.53. The largest absolute Gasteiger partial charge is 0.328 e. The Morgan fingerprint density at radius 3 is 2.81 bits per heavy atom. The van der Waals surface area contributed by atoms with Crippen LogP contribution in [-0.2, 0) is 11.4 Å². The Kier molecular flexibility index (Phi) is 3.93. The van der Waals surface area contributed by atoms with Crippen molar-refractivity contribution in [2.24, 2.45) is 5.73 Å². The van der Waals surface area contributed by atoms with Gasteiger partial charge in [0.05, 0.1) is 6.61 Å². The van der Waals surface area contributed by atoms with Gasteiger partial charge in [-0.1, -0.05) is 30.3 Å². The molecule has 16 heavy (non-hydrogen) atoms. The van der Waals surface area contributed by atoms with Crippen LogP contribution in [0.4, 0.5) is 0 Å². The standard InChI is InChI=1S/C13H20N2O/c1-11-9-13(14)7-8-15(11)16-10-12-5-3-2-4-6-12/h2-6,11,13H,7-10,14H2,1H3. The van der Waals surface area contributed by atoms with Gasteiger partial charge in [0.15, 0.2) is 0 Å². The van der Waals surface area contributed by atoms with Gasteiger partial charge in [0.2, 0.25) is 0 Å². The van der Waals surface area contributed by atoms with Gasteiger partial charge < -0.3 is 5.73 Å². The summed E-state index contributed by atoms with van der Waals surface area (Å²) < 4.78 is 0. The van der Waals surface area contributed by atoms with Gasteiger partial charge in [-0.25, -0.2) is 0 Å². The Morgan fingerprint density at radius 2 is 2.12 bits per heavy atom. The number of nitrogens with zero attached hydrogens (tertiary/aromatic N) is 1. The lowest BCUT2D eigenvalue weighted by atomic mass is 10.0. The first-order valence-electron chi connectivity index (χ1n) is 5.95. The van der Waals surface area contributed by atoms with Crippen molar-refractivity contribution in [3.63, 3.8) is 0 Å². The van der Waals surface area contributed by atoms with Crippen molar-refractivity contribution in [1.82, 2.24) is 5.06 Å². The topological polar surface area (TPSA) is 38.5 Å². The molecule has 1 saturated heterocycles. The molecule has 1 aliphatic rings. The van der Waals surface area contributed by atoms with Crippen molar-refractivity contribution in [2.75, 3.05) is 6.54 Å². The zero-order valence-electron chi connectivity index (χ0n) is 9.80. The van der Waals surface area contributed by atoms with Crippen molar-refractivity contribution in [1.29, 1.82) is 0 Å². The summed E-state index contributed by atoms with van der Waals surface area (Å²) in [6, 6.07) is 11.0. The van der Waals surface area contributed by atoms with E-state index >= 15 is 0 Å². The molecule has 0 amide bonds. The monoisotopic (exact) mass is 220 g/mol. The summed E-state index contributed by atoms with van der Waals surface area (Å²) in [5.74, 6) is 0. The van der Waals surface area contributed by atoms with Crippen molar-refractivity contribution in [2.45, 2.75) is 38.5 Å². The van der Waals surface area contributed by atoms with Crippen LogP contribution in [0.1, 0.15) is 25.3 Å². The summed E-state index contributed by atoms with van der Waals surface area (Å²) in [5, 5.41) is 2.07. The molecule has 0 radical (unpaired) electrons. The van der Waals surface area contributed by atoms with Crippen LogP contribution in [0.5, 0.6) is 0 Å². The summed E-state index contributed by atoms with van der Waals surface area (Å²) in [7, 11) is 0. The van der Waals surface area contributed by atoms with Gasteiger partial charge in [-0.3, -0.25) is 4.84 Å². The molecule has 2 unspecified atom stereocenters. The summed E-state index contributed by atoms with van der Waals surface area (Å²) in [6.45, 7) is 3.76. The minimum atomic E-state index is 0.339. The fourth-order valence-electron chi connectivity index (χ4n) is 2.11. The van der Waals surface area contributed by atoms with Gasteiger partial charge in [-0.2, -0.15) is 5.06 Å². The molecule has 2 atom stereocenters. The zero-order chi connectivity index (χ0) is 11.4. The zero-order valence-corrected chi connectivity index (χ0v) is 9.80. The average molecular weight is 220 g/mol. The van der Waals surface area contributed by atoms with Crippen LogP contribution in [0.15, 0.2) is 30.3 Å². The van der Waals surface area contributed by atoms with Crippen LogP contribution in [0, 0.1) is 0 Å². The number of hydrogen-bond acceptors (Lipinski definition) is 3. The van der Waals surface area contributed by atoms with Crippen LogP contribution in [0.3, 0.4) is 0 Å². The molecule has 0 bridgehead atoms. The van der Waals surface area contributed by atoms with Crippen molar-refractivity contribution < 1.29 is 4.84 Å². The normalized spacial score (nSPS) is 26.9. The van der Waals surface area contributed by atoms with Gasteiger partial charge in [0, 0.05) is 18.6 Å². The van der Waals surface area contributed by atoms with E-state index in [9.17, 15) is 0 Å². The van der Waals surface area contributed by atoms with Crippen LogP contribution in [0.2, 0.25) is 0 Å². The third-order valence-corrected chi connectivity index (χ3v) is 3.10. The first-order valence-corrected chi connectivity index (χ1v) is 5.95. The Hall–Kier alpha value is -0.900. The molecule has 3 heteroatoms. The molecule has 0 aromatic heterocycles. The van der Waals surface area contributed by atoms with Crippen LogP contribution in [-0.4, -0.2) is 23.7 Å². The first-order chi connectivity index (χ1) is 7.75. The molecule has 1 aromatic carbocycles. The highest BCUT2D eigenvalue weighted by Crippen LogP contribution is 2.17. The molecule has 2 rings (SSSR count). The Bertz CT molecular complexity index is 315. The minimum absolute atomic E-state index is 0.339. The highest BCUT2D eigenvalue weighted by molar-refractivity contribution is 5.13. The number of hydroxylamine groups is 2. The SMILES string of the molecule is CC1CC(N)CCN1OCc1ccccc1. The maximum Gasteiger partial charge on any atom is 0.0936 e. The van der Waals surface area contributed by atoms with Crippen LogP contribution in [0.25, 0.3) is 0 Å². The molecule has 1 aromatic rings. The summed E-state index contributed by atoms with van der Waals surface area (Å²) in [5.41, 5.74) is 7.12. The van der Waals surface area contributed by atoms with E-state index in [2.05, 4.69) is 24.1 Å². The maximum absolute atomic E-state index is 5.91. The number of piperidine rings is 1. The lowest BCUT2D eigenvalue weighted by molar-refractivity contribution is -0.205. The Balaban J connectivity index is 1.82. The predicted octanol–water partition coefficient (Wildman–Crippen LogP) is 1.93. The highest BCUT2D eigenvalue weighted by atomic mass is 16.7. The fourth-order valence-corrected chi connectivity index (χ4v) is 2.11. The quantitative estimate of drug-likeness (QED) is 0.846.